The SMILES string of the molecule is CC(C)(C)OC(=O)N(C(=O)OC(C)(C)C)c1cc(Nc2ccc(C(F)(F)F)cc2)nc(Nc2cc(F)ccc2[N+](=O)[O-])n1. The molecule has 0 fully saturated rings. The molecule has 2 N–H and O–H groups in total. The Morgan fingerprint density at radius 2 is 1.42 bits per heavy atom. The molecule has 0 aliphatic rings. The maximum Gasteiger partial charge on any atom is 0.425 e. The standard InChI is InChI=1S/C27H28F4N6O6/c1-25(2,3)42-23(38)36(24(39)43-26(4,5)6)21-14-20(32-17-10-7-15(8-11-17)27(29,30)31)34-22(35-21)33-18-13-16(28)9-12-19(18)37(40)41/h7-14H,1-6H3,(H2,32,33,34,35). The van der Waals surface area contributed by atoms with Gasteiger partial charge in [0, 0.05) is 23.9 Å². The van der Waals surface area contributed by atoms with Crippen molar-refractivity contribution in [2.45, 2.75) is 58.9 Å². The van der Waals surface area contributed by atoms with E-state index in [1.54, 1.807) is 41.5 Å². The molecular formula is C27H28F4N6O6. The second-order valence-corrected chi connectivity index (χ2v) is 11.0. The van der Waals surface area contributed by atoms with E-state index in [4.69, 9.17) is 9.47 Å². The minimum absolute atomic E-state index is 0.112. The molecule has 0 radical (unpaired) electrons. The summed E-state index contributed by atoms with van der Waals surface area (Å²) in [4.78, 5) is 45.8. The van der Waals surface area contributed by atoms with Gasteiger partial charge in [0.2, 0.25) is 5.95 Å². The summed E-state index contributed by atoms with van der Waals surface area (Å²) in [6, 6.07) is 7.50. The van der Waals surface area contributed by atoms with Crippen LogP contribution in [-0.2, 0) is 15.7 Å². The summed E-state index contributed by atoms with van der Waals surface area (Å²) in [5, 5.41) is 16.8. The van der Waals surface area contributed by atoms with Gasteiger partial charge in [-0.1, -0.05) is 0 Å². The molecule has 0 saturated heterocycles. The predicted molar refractivity (Wildman–Crippen MR) is 148 cm³/mol. The summed E-state index contributed by atoms with van der Waals surface area (Å²) >= 11 is 0. The topological polar surface area (TPSA) is 149 Å². The molecule has 0 spiro atoms. The van der Waals surface area contributed by atoms with Gasteiger partial charge in [-0.25, -0.2) is 14.0 Å². The predicted octanol–water partition coefficient (Wildman–Crippen LogP) is 7.71. The van der Waals surface area contributed by atoms with Gasteiger partial charge in [0.1, 0.15) is 28.5 Å². The second-order valence-electron chi connectivity index (χ2n) is 11.0. The van der Waals surface area contributed by atoms with Gasteiger partial charge in [-0.05, 0) is 71.9 Å². The van der Waals surface area contributed by atoms with Crippen LogP contribution in [0.1, 0.15) is 47.1 Å². The number of carbonyl (C=O) groups excluding carboxylic acids is 2. The number of nitro benzene ring substituents is 1. The molecule has 3 aromatic rings. The molecule has 0 aliphatic heterocycles. The Labute approximate surface area is 243 Å². The Bertz CT molecular complexity index is 1490. The lowest BCUT2D eigenvalue weighted by atomic mass is 10.2. The molecule has 3 rings (SSSR count). The molecule has 0 aliphatic carbocycles. The minimum atomic E-state index is -4.58. The summed E-state index contributed by atoms with van der Waals surface area (Å²) in [6.07, 6.45) is -6.99. The maximum absolute atomic E-state index is 14.0. The molecule has 43 heavy (non-hydrogen) atoms. The number of hydrogen-bond donors (Lipinski definition) is 2. The van der Waals surface area contributed by atoms with Crippen molar-refractivity contribution >= 4 is 46.8 Å². The maximum atomic E-state index is 14.0. The van der Waals surface area contributed by atoms with Crippen molar-refractivity contribution in [3.05, 3.63) is 70.0 Å². The number of rotatable bonds is 6. The molecule has 230 valence electrons. The molecule has 1 aromatic heterocycles. The molecule has 0 atom stereocenters. The van der Waals surface area contributed by atoms with E-state index >= 15 is 0 Å². The van der Waals surface area contributed by atoms with Gasteiger partial charge < -0.3 is 20.1 Å². The molecule has 2 aromatic carbocycles. The van der Waals surface area contributed by atoms with Gasteiger partial charge in [-0.3, -0.25) is 10.1 Å². The van der Waals surface area contributed by atoms with Crippen LogP contribution in [0, 0.1) is 15.9 Å². The average molecular weight is 609 g/mol. The number of nitrogens with one attached hydrogen (secondary N) is 2. The first-order valence-corrected chi connectivity index (χ1v) is 12.5. The van der Waals surface area contributed by atoms with E-state index in [-0.39, 0.29) is 17.2 Å². The van der Waals surface area contributed by atoms with Gasteiger partial charge in [-0.2, -0.15) is 28.0 Å². The largest absolute Gasteiger partial charge is 0.443 e. The highest BCUT2D eigenvalue weighted by Gasteiger charge is 2.35. The molecule has 16 heteroatoms. The fourth-order valence-corrected chi connectivity index (χ4v) is 3.32. The minimum Gasteiger partial charge on any atom is -0.443 e. The van der Waals surface area contributed by atoms with E-state index in [2.05, 4.69) is 20.6 Å². The van der Waals surface area contributed by atoms with E-state index in [0.29, 0.717) is 4.90 Å². The molecule has 0 unspecified atom stereocenters. The molecule has 0 bridgehead atoms. The third-order valence-electron chi connectivity index (χ3n) is 4.98. The number of anilines is 5. The number of hydrogen-bond acceptors (Lipinski definition) is 10. The summed E-state index contributed by atoms with van der Waals surface area (Å²) in [7, 11) is 0. The lowest BCUT2D eigenvalue weighted by Crippen LogP contribution is -2.44. The van der Waals surface area contributed by atoms with Crippen LogP contribution in [0.5, 0.6) is 0 Å². The quantitative estimate of drug-likeness (QED) is 0.162. The summed E-state index contributed by atoms with van der Waals surface area (Å²) in [5.74, 6) is -1.92. The molecular weight excluding hydrogens is 580 g/mol. The van der Waals surface area contributed by atoms with Crippen LogP contribution in [0.4, 0.5) is 61.8 Å². The Balaban J connectivity index is 2.17. The van der Waals surface area contributed by atoms with Crippen LogP contribution in [-0.4, -0.2) is 38.3 Å². The van der Waals surface area contributed by atoms with Crippen molar-refractivity contribution in [1.82, 2.24) is 9.97 Å². The normalized spacial score (nSPS) is 11.9. The third kappa shape index (κ3) is 9.24. The number of alkyl halides is 3. The zero-order valence-electron chi connectivity index (χ0n) is 23.9. The number of amides is 2. The van der Waals surface area contributed by atoms with E-state index < -0.39 is 63.3 Å². The van der Waals surface area contributed by atoms with Crippen molar-refractivity contribution < 1.29 is 41.5 Å². The van der Waals surface area contributed by atoms with Crippen molar-refractivity contribution in [2.24, 2.45) is 0 Å². The van der Waals surface area contributed by atoms with Crippen molar-refractivity contribution in [3.63, 3.8) is 0 Å². The van der Waals surface area contributed by atoms with E-state index in [0.717, 1.165) is 48.5 Å². The highest BCUT2D eigenvalue weighted by molar-refractivity contribution is 6.09. The fourth-order valence-electron chi connectivity index (χ4n) is 3.32. The smallest absolute Gasteiger partial charge is 0.425 e. The molecule has 12 nitrogen and oxygen atoms in total. The van der Waals surface area contributed by atoms with E-state index in [1.165, 1.54) is 0 Å². The second kappa shape index (κ2) is 12.1. The zero-order chi connectivity index (χ0) is 32.3. The van der Waals surface area contributed by atoms with Crippen LogP contribution < -0.4 is 15.5 Å². The van der Waals surface area contributed by atoms with Gasteiger partial charge in [-0.15, -0.1) is 0 Å². The number of benzene rings is 2. The first-order valence-electron chi connectivity index (χ1n) is 12.5. The number of nitrogens with zero attached hydrogens (tertiary/aromatic N) is 4. The highest BCUT2D eigenvalue weighted by Crippen LogP contribution is 2.32. The van der Waals surface area contributed by atoms with Crippen LogP contribution >= 0.6 is 0 Å². The van der Waals surface area contributed by atoms with Crippen LogP contribution in [0.25, 0.3) is 0 Å². The first-order chi connectivity index (χ1) is 19.7. The first kappa shape index (κ1) is 32.5. The molecule has 0 saturated carbocycles. The Hall–Kier alpha value is -5.02. The number of carbonyl (C=O) groups is 2. The van der Waals surface area contributed by atoms with Gasteiger partial charge in [0.15, 0.2) is 5.82 Å². The van der Waals surface area contributed by atoms with Crippen LogP contribution in [0.15, 0.2) is 48.5 Å². The summed E-state index contributed by atoms with van der Waals surface area (Å²) in [5.41, 5.74) is -3.87. The fraction of sp³-hybridized carbons (Fsp3) is 0.333. The lowest BCUT2D eigenvalue weighted by molar-refractivity contribution is -0.384. The van der Waals surface area contributed by atoms with E-state index in [1.807, 2.05) is 0 Å². The summed E-state index contributed by atoms with van der Waals surface area (Å²) in [6.45, 7) is 9.28. The summed E-state index contributed by atoms with van der Waals surface area (Å²) < 4.78 is 63.8. The molecule has 1 heterocycles. The Kier molecular flexibility index (Phi) is 9.12. The van der Waals surface area contributed by atoms with Gasteiger partial charge in [0.25, 0.3) is 5.69 Å². The van der Waals surface area contributed by atoms with Crippen molar-refractivity contribution in [1.29, 1.82) is 0 Å². The Morgan fingerprint density at radius 1 is 0.860 bits per heavy atom. The van der Waals surface area contributed by atoms with Crippen molar-refractivity contribution in [2.75, 3.05) is 15.5 Å². The number of ether oxygens (including phenoxy) is 2. The monoisotopic (exact) mass is 608 g/mol. The number of imide groups is 1. The van der Waals surface area contributed by atoms with Crippen molar-refractivity contribution in [3.8, 4) is 0 Å². The number of aromatic nitrogens is 2. The average Bonchev–Trinajstić information content (AvgIpc) is 2.81. The highest BCUT2D eigenvalue weighted by atomic mass is 19.4. The lowest BCUT2D eigenvalue weighted by Gasteiger charge is -2.28. The van der Waals surface area contributed by atoms with E-state index in [9.17, 15) is 37.3 Å². The van der Waals surface area contributed by atoms with Gasteiger partial charge >= 0.3 is 18.4 Å². The third-order valence-corrected chi connectivity index (χ3v) is 4.98. The Morgan fingerprint density at radius 3 is 1.91 bits per heavy atom. The zero-order valence-corrected chi connectivity index (χ0v) is 23.9. The van der Waals surface area contributed by atoms with Crippen LogP contribution in [0.3, 0.4) is 0 Å². The number of nitro groups is 1. The van der Waals surface area contributed by atoms with Gasteiger partial charge in [0.05, 0.1) is 10.5 Å². The number of halogens is 4. The van der Waals surface area contributed by atoms with Crippen LogP contribution in [0.2, 0.25) is 0 Å². The molecule has 2 amide bonds.